The van der Waals surface area contributed by atoms with Crippen LogP contribution in [0.2, 0.25) is 0 Å². The van der Waals surface area contributed by atoms with E-state index >= 15 is 0 Å². The summed E-state index contributed by atoms with van der Waals surface area (Å²) >= 11 is 0. The molecular formula is C25H31N3O7. The van der Waals surface area contributed by atoms with E-state index in [0.29, 0.717) is 48.0 Å². The van der Waals surface area contributed by atoms with Crippen molar-refractivity contribution >= 4 is 30.5 Å². The Balaban J connectivity index is 1.17. The highest BCUT2D eigenvalue weighted by atomic mass is 16.5. The lowest BCUT2D eigenvalue weighted by molar-refractivity contribution is -0.161. The first-order valence-electron chi connectivity index (χ1n) is 12.0. The Labute approximate surface area is 203 Å². The zero-order valence-electron chi connectivity index (χ0n) is 19.9. The SMILES string of the molecule is Cc1cc(OCCCCOC2CC3(C2)CN(C=O)C3)ccc1C(=O)N(C=O)C1CCC(=O)NC1=O. The van der Waals surface area contributed by atoms with Gasteiger partial charge in [0.15, 0.2) is 0 Å². The average molecular weight is 486 g/mol. The van der Waals surface area contributed by atoms with Crippen molar-refractivity contribution in [1.82, 2.24) is 15.1 Å². The average Bonchev–Trinajstić information content (AvgIpc) is 2.77. The number of amides is 5. The van der Waals surface area contributed by atoms with Gasteiger partial charge in [-0.2, -0.15) is 0 Å². The third-order valence-corrected chi connectivity index (χ3v) is 7.03. The maximum atomic E-state index is 12.9. The minimum Gasteiger partial charge on any atom is -0.494 e. The largest absolute Gasteiger partial charge is 0.494 e. The van der Waals surface area contributed by atoms with Gasteiger partial charge in [-0.15, -0.1) is 0 Å². The van der Waals surface area contributed by atoms with E-state index in [9.17, 15) is 24.0 Å². The highest BCUT2D eigenvalue weighted by Gasteiger charge is 2.52. The number of hydrogen-bond acceptors (Lipinski definition) is 7. The van der Waals surface area contributed by atoms with E-state index in [2.05, 4.69) is 5.32 Å². The van der Waals surface area contributed by atoms with Crippen LogP contribution in [-0.4, -0.2) is 78.8 Å². The Kier molecular flexibility index (Phi) is 7.49. The van der Waals surface area contributed by atoms with Crippen LogP contribution in [-0.2, 0) is 23.9 Å². The summed E-state index contributed by atoms with van der Waals surface area (Å²) in [6.45, 7) is 4.64. The molecule has 3 fully saturated rings. The highest BCUT2D eigenvalue weighted by molar-refractivity contribution is 6.07. The van der Waals surface area contributed by atoms with Gasteiger partial charge in [-0.25, -0.2) is 0 Å². The fourth-order valence-corrected chi connectivity index (χ4v) is 5.13. The molecule has 1 aromatic carbocycles. The molecule has 1 N–H and O–H groups in total. The Bertz CT molecular complexity index is 997. The van der Waals surface area contributed by atoms with E-state index in [1.165, 1.54) is 0 Å². The fourth-order valence-electron chi connectivity index (χ4n) is 5.13. The third kappa shape index (κ3) is 5.53. The van der Waals surface area contributed by atoms with Crippen LogP contribution >= 0.6 is 0 Å². The molecule has 35 heavy (non-hydrogen) atoms. The number of nitrogens with one attached hydrogen (secondary N) is 1. The quantitative estimate of drug-likeness (QED) is 0.284. The molecule has 4 rings (SSSR count). The van der Waals surface area contributed by atoms with Crippen LogP contribution in [0.1, 0.15) is 54.4 Å². The molecule has 2 saturated heterocycles. The van der Waals surface area contributed by atoms with Crippen molar-refractivity contribution in [3.63, 3.8) is 0 Å². The topological polar surface area (TPSA) is 122 Å². The van der Waals surface area contributed by atoms with Crippen LogP contribution in [0.25, 0.3) is 0 Å². The van der Waals surface area contributed by atoms with Crippen molar-refractivity contribution < 1.29 is 33.4 Å². The van der Waals surface area contributed by atoms with Crippen LogP contribution < -0.4 is 10.1 Å². The van der Waals surface area contributed by atoms with Crippen molar-refractivity contribution in [1.29, 1.82) is 0 Å². The van der Waals surface area contributed by atoms with Crippen molar-refractivity contribution in [3.05, 3.63) is 29.3 Å². The summed E-state index contributed by atoms with van der Waals surface area (Å²) in [4.78, 5) is 61.2. The molecule has 1 unspecified atom stereocenters. The lowest BCUT2D eigenvalue weighted by atomic mass is 9.62. The van der Waals surface area contributed by atoms with E-state index in [0.717, 1.165) is 50.1 Å². The van der Waals surface area contributed by atoms with Gasteiger partial charge < -0.3 is 14.4 Å². The number of carbonyl (C=O) groups is 5. The first-order valence-corrected chi connectivity index (χ1v) is 12.0. The van der Waals surface area contributed by atoms with Crippen LogP contribution in [0.5, 0.6) is 5.75 Å². The summed E-state index contributed by atoms with van der Waals surface area (Å²) in [6, 6.07) is 3.98. The number of carbonyl (C=O) groups excluding carboxylic acids is 5. The number of benzene rings is 1. The predicted octanol–water partition coefficient (Wildman–Crippen LogP) is 1.20. The predicted molar refractivity (Wildman–Crippen MR) is 123 cm³/mol. The second-order valence-corrected chi connectivity index (χ2v) is 9.73. The van der Waals surface area contributed by atoms with E-state index < -0.39 is 23.8 Å². The summed E-state index contributed by atoms with van der Waals surface area (Å²) in [5, 5.41) is 2.16. The standard InChI is InChI=1S/C25H31N3O7/c1-17-10-18(34-8-2-3-9-35-19-11-25(12-19)13-27(14-25)15-29)4-5-20(17)24(33)28(16-30)21-6-7-22(31)26-23(21)32/h4-5,10,15-16,19,21H,2-3,6-9,11-14H2,1H3,(H,26,31,32). The molecular weight excluding hydrogens is 454 g/mol. The molecule has 188 valence electrons. The summed E-state index contributed by atoms with van der Waals surface area (Å²) in [5.74, 6) is -1.03. The number of hydrogen-bond donors (Lipinski definition) is 1. The number of imide groups is 2. The molecule has 0 radical (unpaired) electrons. The maximum absolute atomic E-state index is 12.9. The van der Waals surface area contributed by atoms with E-state index in [1.807, 2.05) is 0 Å². The Morgan fingerprint density at radius 3 is 2.60 bits per heavy atom. The summed E-state index contributed by atoms with van der Waals surface area (Å²) in [5.41, 5.74) is 1.23. The molecule has 0 bridgehead atoms. The van der Waals surface area contributed by atoms with Crippen LogP contribution in [0.4, 0.5) is 0 Å². The molecule has 1 atom stereocenters. The van der Waals surface area contributed by atoms with Crippen molar-refractivity contribution in [2.75, 3.05) is 26.3 Å². The van der Waals surface area contributed by atoms with Gasteiger partial charge in [0.25, 0.3) is 5.91 Å². The van der Waals surface area contributed by atoms with Gasteiger partial charge in [0, 0.05) is 37.1 Å². The highest BCUT2D eigenvalue weighted by Crippen LogP contribution is 2.49. The van der Waals surface area contributed by atoms with E-state index in [1.54, 1.807) is 30.0 Å². The van der Waals surface area contributed by atoms with Crippen LogP contribution in [0, 0.1) is 12.3 Å². The van der Waals surface area contributed by atoms with Gasteiger partial charge in [0.1, 0.15) is 11.8 Å². The number of ether oxygens (including phenoxy) is 2. The molecule has 3 aliphatic rings. The molecule has 2 aliphatic heterocycles. The number of nitrogens with zero attached hydrogens (tertiary/aromatic N) is 2. The third-order valence-electron chi connectivity index (χ3n) is 7.03. The summed E-state index contributed by atoms with van der Waals surface area (Å²) in [6.07, 6.45) is 5.49. The van der Waals surface area contributed by atoms with Gasteiger partial charge in [-0.3, -0.25) is 34.2 Å². The van der Waals surface area contributed by atoms with Crippen LogP contribution in [0.15, 0.2) is 18.2 Å². The van der Waals surface area contributed by atoms with E-state index in [-0.39, 0.29) is 12.8 Å². The molecule has 5 amide bonds. The number of likely N-dealkylation sites (tertiary alicyclic amines) is 1. The second kappa shape index (κ2) is 10.6. The first kappa shape index (κ1) is 24.8. The molecule has 1 saturated carbocycles. The lowest BCUT2D eigenvalue weighted by Crippen LogP contribution is -2.63. The monoisotopic (exact) mass is 485 g/mol. The summed E-state index contributed by atoms with van der Waals surface area (Å²) in [7, 11) is 0. The molecule has 1 aliphatic carbocycles. The Morgan fingerprint density at radius 2 is 1.94 bits per heavy atom. The Hall–Kier alpha value is -3.27. The minimum atomic E-state index is -1.000. The minimum absolute atomic E-state index is 0.0758. The van der Waals surface area contributed by atoms with Crippen molar-refractivity contribution in [2.45, 2.75) is 57.6 Å². The van der Waals surface area contributed by atoms with Gasteiger partial charge >= 0.3 is 0 Å². The summed E-state index contributed by atoms with van der Waals surface area (Å²) < 4.78 is 11.7. The number of aryl methyl sites for hydroxylation is 1. The zero-order valence-corrected chi connectivity index (χ0v) is 19.9. The molecule has 0 aromatic heterocycles. The smallest absolute Gasteiger partial charge is 0.261 e. The van der Waals surface area contributed by atoms with Gasteiger partial charge in [0.2, 0.25) is 24.6 Å². The first-order chi connectivity index (χ1) is 16.8. The number of rotatable bonds is 11. The lowest BCUT2D eigenvalue weighted by Gasteiger charge is -2.57. The van der Waals surface area contributed by atoms with Gasteiger partial charge in [0.05, 0.1) is 12.7 Å². The number of unbranched alkanes of at least 4 members (excludes halogenated alkanes) is 1. The normalized spacial score (nSPS) is 21.1. The molecule has 10 heteroatoms. The molecule has 2 heterocycles. The van der Waals surface area contributed by atoms with E-state index in [4.69, 9.17) is 9.47 Å². The van der Waals surface area contributed by atoms with Crippen molar-refractivity contribution in [3.8, 4) is 5.75 Å². The van der Waals surface area contributed by atoms with Gasteiger partial charge in [-0.05, 0) is 62.8 Å². The van der Waals surface area contributed by atoms with Gasteiger partial charge in [-0.1, -0.05) is 0 Å². The van der Waals surface area contributed by atoms with Crippen LogP contribution in [0.3, 0.4) is 0 Å². The Morgan fingerprint density at radius 1 is 1.20 bits per heavy atom. The maximum Gasteiger partial charge on any atom is 0.261 e. The molecule has 1 spiro atoms. The zero-order chi connectivity index (χ0) is 25.0. The molecule has 1 aromatic rings. The van der Waals surface area contributed by atoms with Crippen molar-refractivity contribution in [2.24, 2.45) is 5.41 Å². The second-order valence-electron chi connectivity index (χ2n) is 9.73. The number of piperidine rings is 1. The fraction of sp³-hybridized carbons (Fsp3) is 0.560. The molecule has 10 nitrogen and oxygen atoms in total.